The van der Waals surface area contributed by atoms with Crippen LogP contribution in [0.3, 0.4) is 0 Å². The number of nitrogens with zero attached hydrogens (tertiary/aromatic N) is 2. The van der Waals surface area contributed by atoms with Crippen LogP contribution in [0, 0.1) is 14.5 Å². The molecule has 11 heavy (non-hydrogen) atoms. The van der Waals surface area contributed by atoms with Gasteiger partial charge in [0, 0.05) is 112 Å². The predicted molar refractivity (Wildman–Crippen MR) is 22.6 cm³/mol. The van der Waals surface area contributed by atoms with Gasteiger partial charge in [-0.1, -0.05) is 0 Å². The van der Waals surface area contributed by atoms with Crippen molar-refractivity contribution in [1.29, 1.82) is 0 Å². The van der Waals surface area contributed by atoms with Gasteiger partial charge >= 0.3 is 21.1 Å². The first kappa shape index (κ1) is 62.0. The van der Waals surface area contributed by atoms with Gasteiger partial charge in [-0.2, -0.15) is 0 Å². The van der Waals surface area contributed by atoms with Gasteiger partial charge in [-0.25, -0.2) is 5.11 Å². The largest absolute Gasteiger partial charge is 2.00 e. The average Bonchev–Trinajstić information content (AvgIpc) is 1.37. The van der Waals surface area contributed by atoms with E-state index in [-0.39, 0.29) is 134 Å². The van der Waals surface area contributed by atoms with Crippen LogP contribution in [0.15, 0.2) is 10.2 Å². The van der Waals surface area contributed by atoms with E-state index in [4.69, 9.17) is 0 Å². The van der Waals surface area contributed by atoms with Gasteiger partial charge in [0.2, 0.25) is 0 Å². The standard InChI is InChI=1S/C2H5N2.CH3.6W/c1-3-4-2;;;;;;;/h1H2,2H3;1H3;;;;;;/q2*-1;;;;;;+2. The number of hydrogen-bond acceptors (Lipinski definition) is 2. The molecule has 66 valence electrons. The molecule has 0 radical (unpaired) electrons. The van der Waals surface area contributed by atoms with Gasteiger partial charge < -0.3 is 12.5 Å². The van der Waals surface area contributed by atoms with Gasteiger partial charge in [-0.05, 0) is 0 Å². The topological polar surface area (TPSA) is 24.7 Å². The van der Waals surface area contributed by atoms with Gasteiger partial charge in [-0.3, -0.25) is 7.05 Å². The summed E-state index contributed by atoms with van der Waals surface area (Å²) in [5.74, 6) is 0. The molecular formula is C3H8N2W6. The second-order valence-corrected chi connectivity index (χ2v) is 0.341. The summed E-state index contributed by atoms with van der Waals surface area (Å²) in [4.78, 5) is 0. The first-order valence-corrected chi connectivity index (χ1v) is 0.963. The minimum absolute atomic E-state index is 0. The van der Waals surface area contributed by atoms with Crippen molar-refractivity contribution in [3.05, 3.63) is 14.5 Å². The SMILES string of the molecule is [CH2-]N=NC.[CH3-].[W+2].[W].[W].[W].[W].[W]. The van der Waals surface area contributed by atoms with Crippen molar-refractivity contribution < 1.29 is 126 Å². The molecule has 0 aliphatic heterocycles. The van der Waals surface area contributed by atoms with Crippen molar-refractivity contribution in [2.45, 2.75) is 0 Å². The van der Waals surface area contributed by atoms with Crippen LogP contribution in [-0.4, -0.2) is 7.05 Å². The molecule has 2 nitrogen and oxygen atoms in total. The van der Waals surface area contributed by atoms with Crippen molar-refractivity contribution in [2.24, 2.45) is 10.2 Å². The molecule has 0 N–H and O–H groups in total. The molecule has 0 aliphatic carbocycles. The molecule has 0 unspecified atom stereocenters. The summed E-state index contributed by atoms with van der Waals surface area (Å²) >= 11 is 0. The summed E-state index contributed by atoms with van der Waals surface area (Å²) < 4.78 is 0. The molecule has 0 fully saturated rings. The van der Waals surface area contributed by atoms with Crippen LogP contribution in [0.5, 0.6) is 0 Å². The molecule has 0 aromatic rings. The van der Waals surface area contributed by atoms with E-state index in [1.165, 1.54) is 0 Å². The fraction of sp³-hybridized carbons (Fsp3) is 0.333. The first-order chi connectivity index (χ1) is 1.91. The molecule has 0 amide bonds. The van der Waals surface area contributed by atoms with E-state index in [2.05, 4.69) is 17.3 Å². The predicted octanol–water partition coefficient (Wildman–Crippen LogP) is 1.30. The molecule has 0 rings (SSSR count). The minimum atomic E-state index is 0. The van der Waals surface area contributed by atoms with Crippen molar-refractivity contribution >= 4 is 0 Å². The van der Waals surface area contributed by atoms with Gasteiger partial charge in [-0.15, -0.1) is 0 Å². The van der Waals surface area contributed by atoms with Crippen molar-refractivity contribution in [2.75, 3.05) is 7.05 Å². The van der Waals surface area contributed by atoms with Gasteiger partial charge in [0.1, 0.15) is 0 Å². The Balaban J connectivity index is -0.00000000214. The Morgan fingerprint density at radius 2 is 1.00 bits per heavy atom. The summed E-state index contributed by atoms with van der Waals surface area (Å²) in [6, 6.07) is 0. The molecule has 0 saturated carbocycles. The van der Waals surface area contributed by atoms with E-state index in [9.17, 15) is 0 Å². The summed E-state index contributed by atoms with van der Waals surface area (Å²) in [5.41, 5.74) is 0. The molecule has 0 aromatic carbocycles. The third kappa shape index (κ3) is 86.5. The Hall–Kier alpha value is 3.60. The fourth-order valence-corrected chi connectivity index (χ4v) is 0. The van der Waals surface area contributed by atoms with Crippen LogP contribution in [0.1, 0.15) is 0 Å². The van der Waals surface area contributed by atoms with Gasteiger partial charge in [0.25, 0.3) is 0 Å². The Bertz CT molecular complexity index is 31.0. The normalized spacial score (nSPS) is 3.36. The van der Waals surface area contributed by atoms with Crippen LogP contribution in [0.25, 0.3) is 0 Å². The Labute approximate surface area is 155 Å². The van der Waals surface area contributed by atoms with Crippen molar-refractivity contribution in [3.8, 4) is 0 Å². The van der Waals surface area contributed by atoms with E-state index in [1.807, 2.05) is 0 Å². The van der Waals surface area contributed by atoms with Crippen molar-refractivity contribution in [1.82, 2.24) is 0 Å². The summed E-state index contributed by atoms with van der Waals surface area (Å²) in [6.07, 6.45) is 0. The van der Waals surface area contributed by atoms with Crippen LogP contribution in [0.4, 0.5) is 0 Å². The molecule has 0 spiro atoms. The molecule has 0 atom stereocenters. The summed E-state index contributed by atoms with van der Waals surface area (Å²) in [7, 11) is 4.64. The first-order valence-electron chi connectivity index (χ1n) is 0.963. The molecule has 0 aliphatic rings. The van der Waals surface area contributed by atoms with E-state index in [0.29, 0.717) is 0 Å². The average molecular weight is 1180 g/mol. The van der Waals surface area contributed by atoms with E-state index in [0.717, 1.165) is 0 Å². The smallest absolute Gasteiger partial charge is 0.359 e. The van der Waals surface area contributed by atoms with Crippen molar-refractivity contribution in [3.63, 3.8) is 0 Å². The van der Waals surface area contributed by atoms with E-state index >= 15 is 0 Å². The number of azo groups is 1. The quantitative estimate of drug-likeness (QED) is 0.259. The van der Waals surface area contributed by atoms with Crippen LogP contribution >= 0.6 is 0 Å². The van der Waals surface area contributed by atoms with Crippen LogP contribution in [-0.2, 0) is 126 Å². The Kier molecular flexibility index (Phi) is 388. The van der Waals surface area contributed by atoms with Gasteiger partial charge in [0.15, 0.2) is 0 Å². The van der Waals surface area contributed by atoms with Gasteiger partial charge in [0.05, 0.1) is 0 Å². The molecule has 0 saturated heterocycles. The maximum Gasteiger partial charge on any atom is 2.00 e. The second kappa shape index (κ2) is 68.9. The third-order valence-corrected chi connectivity index (χ3v) is 0.141. The second-order valence-electron chi connectivity index (χ2n) is 0.341. The zero-order valence-electron chi connectivity index (χ0n) is 6.05. The third-order valence-electron chi connectivity index (χ3n) is 0.141. The molecule has 0 aromatic heterocycles. The maximum atomic E-state index is 3.25. The summed E-state index contributed by atoms with van der Waals surface area (Å²) in [6.45, 7) is 0. The molecule has 0 bridgehead atoms. The zero-order valence-corrected chi connectivity index (χ0v) is 23.7. The number of hydrogen-bond donors (Lipinski definition) is 0. The molecule has 0 heterocycles. The Morgan fingerprint density at radius 3 is 1.00 bits per heavy atom. The van der Waals surface area contributed by atoms with Crippen LogP contribution in [0.2, 0.25) is 0 Å². The van der Waals surface area contributed by atoms with E-state index < -0.39 is 0 Å². The monoisotopic (exact) mass is 1180 g/mol. The fourth-order valence-electron chi connectivity index (χ4n) is 0. The Morgan fingerprint density at radius 1 is 0.909 bits per heavy atom. The summed E-state index contributed by atoms with van der Waals surface area (Å²) in [5, 5.41) is 6.36. The molecule has 8 heteroatoms. The zero-order chi connectivity index (χ0) is 3.41. The maximum absolute atomic E-state index is 3.25. The van der Waals surface area contributed by atoms with E-state index in [1.54, 1.807) is 7.05 Å². The molecular weight excluding hydrogens is 1170 g/mol. The minimum Gasteiger partial charge on any atom is -0.359 e. The number of rotatable bonds is 0. The van der Waals surface area contributed by atoms with Crippen LogP contribution < -0.4 is 0 Å².